The van der Waals surface area contributed by atoms with Crippen LogP contribution in [0.2, 0.25) is 0 Å². The maximum atomic E-state index is 11.7. The summed E-state index contributed by atoms with van der Waals surface area (Å²) in [5.74, 6) is -1.90. The van der Waals surface area contributed by atoms with Crippen molar-refractivity contribution in [1.29, 1.82) is 0 Å². The lowest BCUT2D eigenvalue weighted by Gasteiger charge is -2.08. The molecule has 1 unspecified atom stereocenters. The zero-order valence-electron chi connectivity index (χ0n) is 10.7. The number of amides is 1. The molecule has 1 atom stereocenters. The zero-order valence-corrected chi connectivity index (χ0v) is 11.6. The van der Waals surface area contributed by atoms with Gasteiger partial charge in [-0.05, 0) is 18.2 Å². The third kappa shape index (κ3) is 4.63. The van der Waals surface area contributed by atoms with Crippen molar-refractivity contribution in [2.24, 2.45) is 0 Å². The Morgan fingerprint density at radius 3 is 2.55 bits per heavy atom. The summed E-state index contributed by atoms with van der Waals surface area (Å²) in [7, 11) is -3.40. The Morgan fingerprint density at radius 1 is 1.35 bits per heavy atom. The van der Waals surface area contributed by atoms with Gasteiger partial charge in [0.2, 0.25) is 0 Å². The van der Waals surface area contributed by atoms with Crippen LogP contribution in [0.3, 0.4) is 0 Å². The normalized spacial score (nSPS) is 12.7. The van der Waals surface area contributed by atoms with E-state index in [0.29, 0.717) is 0 Å². The van der Waals surface area contributed by atoms with E-state index in [-0.39, 0.29) is 23.4 Å². The Labute approximate surface area is 116 Å². The molecule has 0 heterocycles. The molecule has 1 aromatic rings. The topological polar surface area (TPSA) is 121 Å². The number of carbonyl (C=O) groups excluding carboxylic acids is 1. The van der Waals surface area contributed by atoms with Gasteiger partial charge in [-0.3, -0.25) is 4.79 Å². The minimum Gasteiger partial charge on any atom is -0.479 e. The van der Waals surface area contributed by atoms with Gasteiger partial charge in [-0.2, -0.15) is 0 Å². The molecule has 20 heavy (non-hydrogen) atoms. The van der Waals surface area contributed by atoms with Crippen molar-refractivity contribution in [3.63, 3.8) is 0 Å². The van der Waals surface area contributed by atoms with Crippen molar-refractivity contribution in [3.8, 4) is 0 Å². The molecule has 0 saturated carbocycles. The van der Waals surface area contributed by atoms with Crippen LogP contribution in [0, 0.1) is 0 Å². The molecule has 0 aliphatic rings. The maximum absolute atomic E-state index is 11.7. The highest BCUT2D eigenvalue weighted by atomic mass is 32.2. The number of benzene rings is 1. The molecule has 0 aliphatic heterocycles. The minimum absolute atomic E-state index is 0.0238. The molecule has 0 aliphatic carbocycles. The minimum atomic E-state index is -3.40. The molecule has 8 heteroatoms. The first-order valence-electron chi connectivity index (χ1n) is 5.71. The quantitative estimate of drug-likeness (QED) is 0.660. The number of carboxylic acids is 1. The number of hydrogen-bond donors (Lipinski definition) is 3. The van der Waals surface area contributed by atoms with Gasteiger partial charge in [0.25, 0.3) is 5.91 Å². The van der Waals surface area contributed by atoms with E-state index in [4.69, 9.17) is 10.2 Å². The molecule has 0 saturated heterocycles. The summed E-state index contributed by atoms with van der Waals surface area (Å²) in [6.07, 6.45) is -0.641. The summed E-state index contributed by atoms with van der Waals surface area (Å²) in [4.78, 5) is 22.1. The zero-order chi connectivity index (χ0) is 15.3. The van der Waals surface area contributed by atoms with Gasteiger partial charge < -0.3 is 15.5 Å². The number of rotatable bonds is 6. The van der Waals surface area contributed by atoms with Crippen molar-refractivity contribution < 1.29 is 28.2 Å². The summed E-state index contributed by atoms with van der Waals surface area (Å²) in [6, 6.07) is 5.49. The van der Waals surface area contributed by atoms with Gasteiger partial charge in [0.1, 0.15) is 0 Å². The van der Waals surface area contributed by atoms with Crippen LogP contribution >= 0.6 is 0 Å². The molecule has 7 nitrogen and oxygen atoms in total. The highest BCUT2D eigenvalue weighted by Gasteiger charge is 2.14. The Morgan fingerprint density at radius 2 is 2.00 bits per heavy atom. The predicted octanol–water partition coefficient (Wildman–Crippen LogP) is -0.345. The molecular formula is C12H15NO6S. The summed E-state index contributed by atoms with van der Waals surface area (Å²) in [5.41, 5.74) is 0.151. The van der Waals surface area contributed by atoms with Crippen LogP contribution < -0.4 is 5.32 Å². The van der Waals surface area contributed by atoms with Gasteiger partial charge in [-0.1, -0.05) is 6.07 Å². The lowest BCUT2D eigenvalue weighted by molar-refractivity contribution is -0.146. The second kappa shape index (κ2) is 6.49. The predicted molar refractivity (Wildman–Crippen MR) is 70.1 cm³/mol. The first-order chi connectivity index (χ1) is 9.21. The van der Waals surface area contributed by atoms with E-state index in [2.05, 4.69) is 5.32 Å². The van der Waals surface area contributed by atoms with Crippen molar-refractivity contribution in [3.05, 3.63) is 29.8 Å². The van der Waals surface area contributed by atoms with Crippen LogP contribution in [0.1, 0.15) is 16.8 Å². The lowest BCUT2D eigenvalue weighted by atomic mass is 10.2. The van der Waals surface area contributed by atoms with Gasteiger partial charge in [-0.25, -0.2) is 13.2 Å². The van der Waals surface area contributed by atoms with E-state index in [0.717, 1.165) is 6.26 Å². The monoisotopic (exact) mass is 301 g/mol. The van der Waals surface area contributed by atoms with Crippen molar-refractivity contribution in [2.45, 2.75) is 17.4 Å². The van der Waals surface area contributed by atoms with E-state index in [1.165, 1.54) is 24.3 Å². The number of nitrogens with one attached hydrogen (secondary N) is 1. The van der Waals surface area contributed by atoms with Crippen LogP contribution in [-0.4, -0.2) is 49.4 Å². The van der Waals surface area contributed by atoms with Crippen molar-refractivity contribution >= 4 is 21.7 Å². The maximum Gasteiger partial charge on any atom is 0.332 e. The van der Waals surface area contributed by atoms with Crippen molar-refractivity contribution in [1.82, 2.24) is 5.32 Å². The highest BCUT2D eigenvalue weighted by Crippen LogP contribution is 2.11. The number of hydrogen-bond acceptors (Lipinski definition) is 5. The number of aliphatic hydroxyl groups is 1. The van der Waals surface area contributed by atoms with E-state index in [9.17, 15) is 18.0 Å². The molecule has 0 aromatic heterocycles. The van der Waals surface area contributed by atoms with Gasteiger partial charge in [-0.15, -0.1) is 0 Å². The average molecular weight is 301 g/mol. The molecule has 0 spiro atoms. The average Bonchev–Trinajstić information content (AvgIpc) is 2.37. The first kappa shape index (κ1) is 16.1. The largest absolute Gasteiger partial charge is 0.479 e. The molecule has 0 fully saturated rings. The Kier molecular flexibility index (Phi) is 5.23. The molecule has 110 valence electrons. The molecule has 1 amide bonds. The van der Waals surface area contributed by atoms with Gasteiger partial charge in [0.15, 0.2) is 15.9 Å². The Bertz CT molecular complexity index is 610. The third-order valence-corrected chi connectivity index (χ3v) is 3.62. The smallest absolute Gasteiger partial charge is 0.332 e. The fraction of sp³-hybridized carbons (Fsp3) is 0.333. The Balaban J connectivity index is 2.67. The van der Waals surface area contributed by atoms with Crippen LogP contribution in [-0.2, 0) is 14.6 Å². The van der Waals surface area contributed by atoms with E-state index in [1.807, 2.05) is 0 Å². The lowest BCUT2D eigenvalue weighted by Crippen LogP contribution is -2.30. The summed E-state index contributed by atoms with van der Waals surface area (Å²) in [5, 5.41) is 19.9. The van der Waals surface area contributed by atoms with E-state index < -0.39 is 27.8 Å². The SMILES string of the molecule is CS(=O)(=O)c1cccc(C(=O)NCCC(O)C(=O)O)c1. The molecule has 1 rings (SSSR count). The van der Waals surface area contributed by atoms with Crippen LogP contribution in [0.4, 0.5) is 0 Å². The number of aliphatic hydroxyl groups excluding tert-OH is 1. The summed E-state index contributed by atoms with van der Waals surface area (Å²) < 4.78 is 22.7. The highest BCUT2D eigenvalue weighted by molar-refractivity contribution is 7.90. The molecular weight excluding hydrogens is 286 g/mol. The van der Waals surface area contributed by atoms with Gasteiger partial charge in [0.05, 0.1) is 4.90 Å². The second-order valence-corrected chi connectivity index (χ2v) is 6.21. The van der Waals surface area contributed by atoms with Gasteiger partial charge >= 0.3 is 5.97 Å². The molecule has 1 aromatic carbocycles. The van der Waals surface area contributed by atoms with Crippen LogP contribution in [0.15, 0.2) is 29.2 Å². The van der Waals surface area contributed by atoms with Gasteiger partial charge in [0, 0.05) is 24.8 Å². The number of aliphatic carboxylic acids is 1. The first-order valence-corrected chi connectivity index (χ1v) is 7.60. The molecule has 0 radical (unpaired) electrons. The molecule has 0 bridgehead atoms. The summed E-state index contributed by atoms with van der Waals surface area (Å²) in [6.45, 7) is -0.0323. The van der Waals surface area contributed by atoms with E-state index in [1.54, 1.807) is 0 Å². The second-order valence-electron chi connectivity index (χ2n) is 4.20. The fourth-order valence-electron chi connectivity index (χ4n) is 1.42. The standard InChI is InChI=1S/C12H15NO6S/c1-20(18,19)9-4-2-3-8(7-9)11(15)13-6-5-10(14)12(16)17/h2-4,7,10,14H,5-6H2,1H3,(H,13,15)(H,16,17). The van der Waals surface area contributed by atoms with Crippen LogP contribution in [0.5, 0.6) is 0 Å². The molecule has 3 N–H and O–H groups in total. The number of carboxylic acid groups (broad SMARTS) is 1. The van der Waals surface area contributed by atoms with Crippen molar-refractivity contribution in [2.75, 3.05) is 12.8 Å². The third-order valence-electron chi connectivity index (χ3n) is 2.51. The number of sulfone groups is 1. The van der Waals surface area contributed by atoms with E-state index >= 15 is 0 Å². The summed E-state index contributed by atoms with van der Waals surface area (Å²) >= 11 is 0. The Hall–Kier alpha value is -1.93. The number of carbonyl (C=O) groups is 2. The van der Waals surface area contributed by atoms with Crippen LogP contribution in [0.25, 0.3) is 0 Å². The fourth-order valence-corrected chi connectivity index (χ4v) is 2.08.